The average Bonchev–Trinajstić information content (AvgIpc) is 2.90. The van der Waals surface area contributed by atoms with Gasteiger partial charge in [0.15, 0.2) is 0 Å². The fraction of sp³-hybridized carbons (Fsp3) is 0.438. The maximum Gasteiger partial charge on any atom is 0.255 e. The van der Waals surface area contributed by atoms with E-state index < -0.39 is 0 Å². The lowest BCUT2D eigenvalue weighted by molar-refractivity contribution is -0.000152. The number of nitrogen functional groups attached to an aromatic ring is 1. The Labute approximate surface area is 124 Å². The molecule has 1 aromatic heterocycles. The molecule has 1 fully saturated rings. The van der Waals surface area contributed by atoms with E-state index in [-0.39, 0.29) is 12.0 Å². The van der Waals surface area contributed by atoms with Crippen LogP contribution in [0.5, 0.6) is 0 Å². The molecule has 2 heterocycles. The second-order valence-electron chi connectivity index (χ2n) is 5.68. The first-order chi connectivity index (χ1) is 10.1. The number of anilines is 1. The highest BCUT2D eigenvalue weighted by Crippen LogP contribution is 2.22. The fourth-order valence-corrected chi connectivity index (χ4v) is 2.86. The number of aromatic amines is 1. The van der Waals surface area contributed by atoms with Crippen molar-refractivity contribution in [2.24, 2.45) is 0 Å². The van der Waals surface area contributed by atoms with Crippen LogP contribution in [-0.4, -0.2) is 42.1 Å². The third kappa shape index (κ3) is 2.88. The molecule has 1 unspecified atom stereocenters. The molecule has 1 aliphatic heterocycles. The number of ether oxygens (including phenoxy) is 1. The number of benzene rings is 1. The highest BCUT2D eigenvalue weighted by atomic mass is 16.5. The molecule has 112 valence electrons. The van der Waals surface area contributed by atoms with Crippen LogP contribution in [0.3, 0.4) is 0 Å². The lowest BCUT2D eigenvalue weighted by atomic mass is 10.1. The second kappa shape index (κ2) is 5.77. The largest absolute Gasteiger partial charge is 0.399 e. The van der Waals surface area contributed by atoms with E-state index in [2.05, 4.69) is 4.98 Å². The minimum absolute atomic E-state index is 0.000948. The number of rotatable bonds is 3. The van der Waals surface area contributed by atoms with Crippen molar-refractivity contribution in [3.05, 3.63) is 30.0 Å². The van der Waals surface area contributed by atoms with E-state index in [0.29, 0.717) is 17.8 Å². The molecule has 0 bridgehead atoms. The van der Waals surface area contributed by atoms with Crippen molar-refractivity contribution in [3.8, 4) is 0 Å². The smallest absolute Gasteiger partial charge is 0.255 e. The van der Waals surface area contributed by atoms with Gasteiger partial charge in [0.1, 0.15) is 0 Å². The van der Waals surface area contributed by atoms with Crippen molar-refractivity contribution in [1.29, 1.82) is 0 Å². The van der Waals surface area contributed by atoms with Crippen LogP contribution in [-0.2, 0) is 4.74 Å². The summed E-state index contributed by atoms with van der Waals surface area (Å²) in [6, 6.07) is 5.56. The molecule has 3 N–H and O–H groups in total. The number of aromatic nitrogens is 1. The molecule has 2 aromatic rings. The number of likely N-dealkylation sites (N-methyl/N-ethyl adjacent to an activating group) is 1. The molecule has 0 spiro atoms. The molecule has 3 rings (SSSR count). The molecule has 5 nitrogen and oxygen atoms in total. The Bertz CT molecular complexity index is 644. The van der Waals surface area contributed by atoms with Crippen LogP contribution in [0.1, 0.15) is 29.6 Å². The van der Waals surface area contributed by atoms with Gasteiger partial charge in [-0.05, 0) is 37.5 Å². The van der Waals surface area contributed by atoms with Gasteiger partial charge in [-0.3, -0.25) is 4.79 Å². The molecule has 1 saturated heterocycles. The molecular formula is C16H21N3O2. The SMILES string of the molecule is CN(CC1CCCCO1)C(=O)c1c[nH]c2ccc(N)cc12. The van der Waals surface area contributed by atoms with E-state index in [1.807, 2.05) is 25.2 Å². The van der Waals surface area contributed by atoms with Gasteiger partial charge >= 0.3 is 0 Å². The van der Waals surface area contributed by atoms with Crippen LogP contribution in [0, 0.1) is 0 Å². The van der Waals surface area contributed by atoms with E-state index in [0.717, 1.165) is 30.4 Å². The number of hydrogen-bond donors (Lipinski definition) is 2. The van der Waals surface area contributed by atoms with Crippen LogP contribution < -0.4 is 5.73 Å². The van der Waals surface area contributed by atoms with Gasteiger partial charge in [-0.1, -0.05) is 0 Å². The molecule has 0 radical (unpaired) electrons. The summed E-state index contributed by atoms with van der Waals surface area (Å²) < 4.78 is 5.70. The molecule has 1 atom stereocenters. The number of hydrogen-bond acceptors (Lipinski definition) is 3. The third-order valence-corrected chi connectivity index (χ3v) is 4.03. The van der Waals surface area contributed by atoms with Gasteiger partial charge in [0.2, 0.25) is 0 Å². The van der Waals surface area contributed by atoms with Gasteiger partial charge < -0.3 is 20.4 Å². The van der Waals surface area contributed by atoms with Gasteiger partial charge in [0.25, 0.3) is 5.91 Å². The predicted molar refractivity (Wildman–Crippen MR) is 83.3 cm³/mol. The minimum Gasteiger partial charge on any atom is -0.399 e. The summed E-state index contributed by atoms with van der Waals surface area (Å²) in [5.41, 5.74) is 8.07. The highest BCUT2D eigenvalue weighted by Gasteiger charge is 2.21. The van der Waals surface area contributed by atoms with Crippen LogP contribution in [0.15, 0.2) is 24.4 Å². The van der Waals surface area contributed by atoms with Crippen molar-refractivity contribution >= 4 is 22.5 Å². The Morgan fingerprint density at radius 3 is 3.10 bits per heavy atom. The number of amides is 1. The van der Waals surface area contributed by atoms with E-state index in [9.17, 15) is 4.79 Å². The van der Waals surface area contributed by atoms with Crippen molar-refractivity contribution in [2.75, 3.05) is 25.9 Å². The number of H-pyrrole nitrogens is 1. The van der Waals surface area contributed by atoms with Crippen molar-refractivity contribution in [3.63, 3.8) is 0 Å². The summed E-state index contributed by atoms with van der Waals surface area (Å²) in [6.45, 7) is 1.43. The molecule has 21 heavy (non-hydrogen) atoms. The Hall–Kier alpha value is -2.01. The first kappa shape index (κ1) is 13.9. The molecule has 1 aromatic carbocycles. The van der Waals surface area contributed by atoms with Crippen LogP contribution in [0.25, 0.3) is 10.9 Å². The van der Waals surface area contributed by atoms with Gasteiger partial charge in [-0.25, -0.2) is 0 Å². The van der Waals surface area contributed by atoms with Crippen molar-refractivity contribution < 1.29 is 9.53 Å². The molecule has 5 heteroatoms. The van der Waals surface area contributed by atoms with Crippen LogP contribution in [0.2, 0.25) is 0 Å². The second-order valence-corrected chi connectivity index (χ2v) is 5.68. The number of nitrogens with zero attached hydrogens (tertiary/aromatic N) is 1. The van der Waals surface area contributed by atoms with Gasteiger partial charge in [0, 0.05) is 43.0 Å². The van der Waals surface area contributed by atoms with E-state index in [4.69, 9.17) is 10.5 Å². The quantitative estimate of drug-likeness (QED) is 0.851. The lowest BCUT2D eigenvalue weighted by Crippen LogP contribution is -2.37. The topological polar surface area (TPSA) is 71.3 Å². The van der Waals surface area contributed by atoms with Crippen molar-refractivity contribution in [1.82, 2.24) is 9.88 Å². The molecular weight excluding hydrogens is 266 g/mol. The zero-order chi connectivity index (χ0) is 14.8. The number of nitrogens with two attached hydrogens (primary N) is 1. The molecule has 1 aliphatic rings. The third-order valence-electron chi connectivity index (χ3n) is 4.03. The molecule has 1 amide bonds. The predicted octanol–water partition coefficient (Wildman–Crippen LogP) is 2.39. The number of nitrogens with one attached hydrogen (secondary N) is 1. The summed E-state index contributed by atoms with van der Waals surface area (Å²) in [5.74, 6) is 0.000948. The molecule has 0 aliphatic carbocycles. The summed E-state index contributed by atoms with van der Waals surface area (Å²) in [5, 5.41) is 0.872. The van der Waals surface area contributed by atoms with Gasteiger partial charge in [0.05, 0.1) is 11.7 Å². The summed E-state index contributed by atoms with van der Waals surface area (Å²) in [6.07, 6.45) is 5.23. The van der Waals surface area contributed by atoms with Gasteiger partial charge in [-0.15, -0.1) is 0 Å². The number of carbonyl (C=O) groups is 1. The lowest BCUT2D eigenvalue weighted by Gasteiger charge is -2.27. The first-order valence-electron chi connectivity index (χ1n) is 7.39. The molecule has 0 saturated carbocycles. The zero-order valence-electron chi connectivity index (χ0n) is 12.3. The van der Waals surface area contributed by atoms with E-state index >= 15 is 0 Å². The Balaban J connectivity index is 1.77. The summed E-state index contributed by atoms with van der Waals surface area (Å²) in [7, 11) is 1.82. The Morgan fingerprint density at radius 1 is 1.48 bits per heavy atom. The van der Waals surface area contributed by atoms with E-state index in [1.165, 1.54) is 6.42 Å². The fourth-order valence-electron chi connectivity index (χ4n) is 2.86. The first-order valence-corrected chi connectivity index (χ1v) is 7.39. The summed E-state index contributed by atoms with van der Waals surface area (Å²) >= 11 is 0. The monoisotopic (exact) mass is 287 g/mol. The Kier molecular flexibility index (Phi) is 3.84. The summed E-state index contributed by atoms with van der Waals surface area (Å²) in [4.78, 5) is 17.5. The highest BCUT2D eigenvalue weighted by molar-refractivity contribution is 6.07. The Morgan fingerprint density at radius 2 is 2.33 bits per heavy atom. The van der Waals surface area contributed by atoms with E-state index in [1.54, 1.807) is 11.1 Å². The van der Waals surface area contributed by atoms with Crippen LogP contribution in [0.4, 0.5) is 5.69 Å². The van der Waals surface area contributed by atoms with Gasteiger partial charge in [-0.2, -0.15) is 0 Å². The van der Waals surface area contributed by atoms with Crippen molar-refractivity contribution in [2.45, 2.75) is 25.4 Å². The zero-order valence-corrected chi connectivity index (χ0v) is 12.3. The minimum atomic E-state index is 0.000948. The number of fused-ring (bicyclic) bond motifs is 1. The maximum absolute atomic E-state index is 12.6. The maximum atomic E-state index is 12.6. The normalized spacial score (nSPS) is 18.8. The average molecular weight is 287 g/mol. The standard InChI is InChI=1S/C16H21N3O2/c1-19(10-12-4-2-3-7-21-12)16(20)14-9-18-15-6-5-11(17)8-13(14)15/h5-6,8-9,12,18H,2-4,7,10,17H2,1H3. The van der Waals surface area contributed by atoms with Crippen LogP contribution >= 0.6 is 0 Å². The number of carbonyl (C=O) groups excluding carboxylic acids is 1.